The number of oxime groups is 1. The van der Waals surface area contributed by atoms with Gasteiger partial charge in [0.2, 0.25) is 0 Å². The van der Waals surface area contributed by atoms with Gasteiger partial charge in [-0.05, 0) is 18.2 Å². The molecule has 0 saturated carbocycles. The number of fused-ring (bicyclic) bond motifs is 1. The molecule has 0 saturated heterocycles. The summed E-state index contributed by atoms with van der Waals surface area (Å²) in [5, 5.41) is 11.3. The van der Waals surface area contributed by atoms with Crippen LogP contribution in [0.15, 0.2) is 23.4 Å². The van der Waals surface area contributed by atoms with Crippen LogP contribution in [-0.4, -0.2) is 24.6 Å². The normalized spacial score (nSPS) is 15.4. The third-order valence-electron chi connectivity index (χ3n) is 1.98. The molecule has 74 valence electrons. The summed E-state index contributed by atoms with van der Waals surface area (Å²) in [5.41, 5.74) is 0.789. The van der Waals surface area contributed by atoms with Crippen LogP contribution < -0.4 is 9.47 Å². The van der Waals surface area contributed by atoms with Crippen molar-refractivity contribution in [2.45, 2.75) is 6.42 Å². The quantitative estimate of drug-likeness (QED) is 0.419. The molecule has 0 aromatic heterocycles. The van der Waals surface area contributed by atoms with E-state index in [2.05, 4.69) is 5.16 Å². The summed E-state index contributed by atoms with van der Waals surface area (Å²) in [5.74, 6) is 1.46. The Hall–Kier alpha value is -1.71. The molecule has 4 nitrogen and oxygen atoms in total. The second-order valence-corrected chi connectivity index (χ2v) is 3.00. The second-order valence-electron chi connectivity index (χ2n) is 3.00. The predicted octanol–water partition coefficient (Wildman–Crippen LogP) is 1.66. The average molecular weight is 193 g/mol. The summed E-state index contributed by atoms with van der Waals surface area (Å²) in [6, 6.07) is 5.42. The van der Waals surface area contributed by atoms with Gasteiger partial charge in [0.25, 0.3) is 0 Å². The molecule has 1 aliphatic heterocycles. The van der Waals surface area contributed by atoms with Gasteiger partial charge in [-0.15, -0.1) is 0 Å². The molecule has 0 unspecified atom stereocenters. The fourth-order valence-electron chi connectivity index (χ4n) is 1.33. The lowest BCUT2D eigenvalue weighted by Gasteiger charge is -2.06. The topological polar surface area (TPSA) is 51.1 Å². The van der Waals surface area contributed by atoms with Gasteiger partial charge < -0.3 is 14.7 Å². The minimum Gasteiger partial charge on any atom is -0.490 e. The van der Waals surface area contributed by atoms with Crippen LogP contribution in [0.1, 0.15) is 12.0 Å². The molecule has 4 heteroatoms. The summed E-state index contributed by atoms with van der Waals surface area (Å²) < 4.78 is 10.9. The maximum absolute atomic E-state index is 8.38. The highest BCUT2D eigenvalue weighted by molar-refractivity contribution is 5.80. The van der Waals surface area contributed by atoms with Crippen LogP contribution in [0.2, 0.25) is 0 Å². The van der Waals surface area contributed by atoms with Crippen molar-refractivity contribution in [2.24, 2.45) is 5.16 Å². The highest BCUT2D eigenvalue weighted by atomic mass is 16.5. The first-order chi connectivity index (χ1) is 6.90. The van der Waals surface area contributed by atoms with Crippen LogP contribution in [0.4, 0.5) is 0 Å². The Morgan fingerprint density at radius 3 is 2.79 bits per heavy atom. The third kappa shape index (κ3) is 1.79. The van der Waals surface area contributed by atoms with Gasteiger partial charge in [-0.25, -0.2) is 0 Å². The Kier molecular flexibility index (Phi) is 2.53. The summed E-state index contributed by atoms with van der Waals surface area (Å²) in [7, 11) is 0. The van der Waals surface area contributed by atoms with Gasteiger partial charge in [0.1, 0.15) is 0 Å². The van der Waals surface area contributed by atoms with E-state index in [1.807, 2.05) is 12.1 Å². The Morgan fingerprint density at radius 1 is 1.21 bits per heavy atom. The number of hydrogen-bond acceptors (Lipinski definition) is 4. The lowest BCUT2D eigenvalue weighted by molar-refractivity contribution is 0.297. The van der Waals surface area contributed by atoms with E-state index in [1.165, 1.54) is 6.21 Å². The molecule has 1 heterocycles. The molecule has 0 spiro atoms. The Labute approximate surface area is 81.8 Å². The molecule has 1 aromatic carbocycles. The monoisotopic (exact) mass is 193 g/mol. The zero-order valence-corrected chi connectivity index (χ0v) is 7.64. The second kappa shape index (κ2) is 4.00. The van der Waals surface area contributed by atoms with Crippen LogP contribution in [0.5, 0.6) is 11.5 Å². The van der Waals surface area contributed by atoms with Gasteiger partial charge >= 0.3 is 0 Å². The van der Waals surface area contributed by atoms with Crippen LogP contribution in [0.3, 0.4) is 0 Å². The van der Waals surface area contributed by atoms with Crippen molar-refractivity contribution in [3.05, 3.63) is 23.8 Å². The Morgan fingerprint density at radius 2 is 2.00 bits per heavy atom. The largest absolute Gasteiger partial charge is 0.490 e. The van der Waals surface area contributed by atoms with E-state index in [1.54, 1.807) is 6.07 Å². The zero-order valence-electron chi connectivity index (χ0n) is 7.64. The van der Waals surface area contributed by atoms with E-state index in [-0.39, 0.29) is 0 Å². The van der Waals surface area contributed by atoms with E-state index < -0.39 is 0 Å². The van der Waals surface area contributed by atoms with Gasteiger partial charge in [-0.3, -0.25) is 0 Å². The van der Waals surface area contributed by atoms with E-state index in [0.29, 0.717) is 19.0 Å². The summed E-state index contributed by atoms with van der Waals surface area (Å²) in [4.78, 5) is 0. The highest BCUT2D eigenvalue weighted by Crippen LogP contribution is 2.29. The molecule has 0 fully saturated rings. The van der Waals surface area contributed by atoms with E-state index >= 15 is 0 Å². The fourth-order valence-corrected chi connectivity index (χ4v) is 1.33. The van der Waals surface area contributed by atoms with Crippen LogP contribution in [0, 0.1) is 0 Å². The summed E-state index contributed by atoms with van der Waals surface area (Å²) in [6.45, 7) is 1.34. The SMILES string of the molecule is ON=Cc1ccc2c(c1)OCCCO2. The molecule has 0 amide bonds. The molecular weight excluding hydrogens is 182 g/mol. The number of benzene rings is 1. The van der Waals surface area contributed by atoms with Crippen LogP contribution in [0.25, 0.3) is 0 Å². The van der Waals surface area contributed by atoms with Crippen molar-refractivity contribution in [2.75, 3.05) is 13.2 Å². The predicted molar refractivity (Wildman–Crippen MR) is 51.4 cm³/mol. The van der Waals surface area contributed by atoms with E-state index in [0.717, 1.165) is 17.7 Å². The zero-order chi connectivity index (χ0) is 9.80. The maximum atomic E-state index is 8.38. The molecule has 0 aliphatic carbocycles. The first-order valence-electron chi connectivity index (χ1n) is 4.47. The third-order valence-corrected chi connectivity index (χ3v) is 1.98. The maximum Gasteiger partial charge on any atom is 0.161 e. The minimum absolute atomic E-state index is 0.659. The lowest BCUT2D eigenvalue weighted by Crippen LogP contribution is -1.97. The first kappa shape index (κ1) is 8.87. The number of hydrogen-bond donors (Lipinski definition) is 1. The molecule has 0 bridgehead atoms. The summed E-state index contributed by atoms with van der Waals surface area (Å²) in [6.07, 6.45) is 2.24. The molecular formula is C10H11NO3. The van der Waals surface area contributed by atoms with Crippen LogP contribution in [-0.2, 0) is 0 Å². The minimum atomic E-state index is 0.659. The van der Waals surface area contributed by atoms with Gasteiger partial charge in [0.15, 0.2) is 11.5 Å². The van der Waals surface area contributed by atoms with Crippen molar-refractivity contribution < 1.29 is 14.7 Å². The Balaban J connectivity index is 2.32. The summed E-state index contributed by atoms with van der Waals surface area (Å²) >= 11 is 0. The van der Waals surface area contributed by atoms with Gasteiger partial charge in [-0.1, -0.05) is 5.16 Å². The first-order valence-corrected chi connectivity index (χ1v) is 4.47. The smallest absolute Gasteiger partial charge is 0.161 e. The number of nitrogens with zero attached hydrogens (tertiary/aromatic N) is 1. The van der Waals surface area contributed by atoms with E-state index in [9.17, 15) is 0 Å². The Bertz CT molecular complexity index is 349. The van der Waals surface area contributed by atoms with Gasteiger partial charge in [0.05, 0.1) is 19.4 Å². The average Bonchev–Trinajstić information content (AvgIpc) is 2.42. The van der Waals surface area contributed by atoms with Crippen molar-refractivity contribution in [3.63, 3.8) is 0 Å². The number of ether oxygens (including phenoxy) is 2. The van der Waals surface area contributed by atoms with Crippen molar-refractivity contribution in [1.82, 2.24) is 0 Å². The van der Waals surface area contributed by atoms with Crippen molar-refractivity contribution in [3.8, 4) is 11.5 Å². The molecule has 14 heavy (non-hydrogen) atoms. The molecule has 0 atom stereocenters. The standard InChI is InChI=1S/C10H11NO3/c12-11-7-8-2-3-9-10(6-8)14-5-1-4-13-9/h2-3,6-7,12H,1,4-5H2. The molecule has 1 aliphatic rings. The molecule has 1 aromatic rings. The number of rotatable bonds is 1. The lowest BCUT2D eigenvalue weighted by atomic mass is 10.2. The van der Waals surface area contributed by atoms with Gasteiger partial charge in [0, 0.05) is 12.0 Å². The highest BCUT2D eigenvalue weighted by Gasteiger charge is 2.09. The molecule has 2 rings (SSSR count). The van der Waals surface area contributed by atoms with Crippen molar-refractivity contribution >= 4 is 6.21 Å². The van der Waals surface area contributed by atoms with E-state index in [4.69, 9.17) is 14.7 Å². The fraction of sp³-hybridized carbons (Fsp3) is 0.300. The van der Waals surface area contributed by atoms with Crippen molar-refractivity contribution in [1.29, 1.82) is 0 Å². The van der Waals surface area contributed by atoms with Gasteiger partial charge in [-0.2, -0.15) is 0 Å². The molecule has 0 radical (unpaired) electrons. The molecule has 1 N–H and O–H groups in total. The van der Waals surface area contributed by atoms with Crippen LogP contribution >= 0.6 is 0 Å².